The molecule has 0 N–H and O–H groups in total. The summed E-state index contributed by atoms with van der Waals surface area (Å²) in [6.07, 6.45) is 0.523. The van der Waals surface area contributed by atoms with Crippen molar-refractivity contribution in [3.8, 4) is 0 Å². The molecule has 37 heavy (non-hydrogen) atoms. The highest BCUT2D eigenvalue weighted by Gasteiger charge is 2.45. The molecule has 0 spiro atoms. The van der Waals surface area contributed by atoms with Crippen molar-refractivity contribution < 1.29 is 28.2 Å². The number of ether oxygens (including phenoxy) is 3. The molecule has 0 aliphatic rings. The van der Waals surface area contributed by atoms with Crippen LogP contribution < -0.4 is 4.90 Å². The van der Waals surface area contributed by atoms with Crippen molar-refractivity contribution in [2.75, 3.05) is 25.7 Å². The maximum absolute atomic E-state index is 14.0. The largest absolute Gasteiger partial charge is 0.443 e. The highest BCUT2D eigenvalue weighted by Crippen LogP contribution is 2.42. The summed E-state index contributed by atoms with van der Waals surface area (Å²) in [6, 6.07) is 7.22. The zero-order valence-corrected chi connectivity index (χ0v) is 27.5. The number of methoxy groups -OCH3 is 2. The van der Waals surface area contributed by atoms with Crippen molar-refractivity contribution in [3.05, 3.63) is 39.5 Å². The van der Waals surface area contributed by atoms with Gasteiger partial charge in [0.15, 0.2) is 6.29 Å². The third-order valence-corrected chi connectivity index (χ3v) is 13.4. The molecule has 0 aliphatic carbocycles. The summed E-state index contributed by atoms with van der Waals surface area (Å²) in [7, 11) is 0.877. The van der Waals surface area contributed by atoms with Gasteiger partial charge in [-0.25, -0.2) is 9.69 Å². The normalized spacial score (nSPS) is 13.1. The molecule has 0 heterocycles. The van der Waals surface area contributed by atoms with Crippen LogP contribution in [0.5, 0.6) is 0 Å². The quantitative estimate of drug-likeness (QED) is 0.100. The van der Waals surface area contributed by atoms with Crippen LogP contribution in [0.3, 0.4) is 0 Å². The predicted octanol–water partition coefficient (Wildman–Crippen LogP) is 7.69. The third-order valence-electron chi connectivity index (χ3n) is 6.43. The lowest BCUT2D eigenvalue weighted by molar-refractivity contribution is -0.119. The Kier molecular flexibility index (Phi) is 13.5. The summed E-state index contributed by atoms with van der Waals surface area (Å²) in [5.74, 6) is -0.494. The van der Waals surface area contributed by atoms with E-state index in [0.717, 1.165) is 8.47 Å². The molecule has 0 saturated heterocycles. The van der Waals surface area contributed by atoms with E-state index in [0.29, 0.717) is 27.9 Å². The van der Waals surface area contributed by atoms with Gasteiger partial charge >= 0.3 is 6.09 Å². The maximum atomic E-state index is 14.0. The van der Waals surface area contributed by atoms with Crippen LogP contribution in [0.2, 0.25) is 16.6 Å². The van der Waals surface area contributed by atoms with E-state index in [2.05, 4.69) is 64.1 Å². The van der Waals surface area contributed by atoms with Gasteiger partial charge in [0.1, 0.15) is 5.60 Å². The lowest BCUT2D eigenvalue weighted by Gasteiger charge is -2.42. The SMILES string of the molecule is COC(CC(=CCO[Si](C(C)C)(C(C)C)C(C)C)C(=O)N(C(=O)OC(C)(C)C)c1ccccc1I)OC. The van der Waals surface area contributed by atoms with Crippen molar-refractivity contribution in [3.63, 3.8) is 0 Å². The summed E-state index contributed by atoms with van der Waals surface area (Å²) >= 11 is 2.11. The number of carbonyl (C=O) groups is 2. The average molecular weight is 648 g/mol. The van der Waals surface area contributed by atoms with Crippen molar-refractivity contribution in [2.24, 2.45) is 0 Å². The topological polar surface area (TPSA) is 74.3 Å². The predicted molar refractivity (Wildman–Crippen MR) is 160 cm³/mol. The number of anilines is 1. The number of halogens is 1. The monoisotopic (exact) mass is 647 g/mol. The first-order valence-corrected chi connectivity index (χ1v) is 16.0. The number of benzene rings is 1. The minimum Gasteiger partial charge on any atom is -0.443 e. The van der Waals surface area contributed by atoms with Crippen LogP contribution in [0, 0.1) is 3.57 Å². The molecule has 0 aliphatic heterocycles. The summed E-state index contributed by atoms with van der Waals surface area (Å²) in [4.78, 5) is 28.5. The number of amides is 2. The highest BCUT2D eigenvalue weighted by molar-refractivity contribution is 14.1. The summed E-state index contributed by atoms with van der Waals surface area (Å²) < 4.78 is 23.9. The molecule has 1 rings (SSSR count). The van der Waals surface area contributed by atoms with Crippen LogP contribution in [-0.4, -0.2) is 53.0 Å². The number of imide groups is 1. The molecule has 7 nitrogen and oxygen atoms in total. The first kappa shape index (κ1) is 33.8. The minimum atomic E-state index is -2.16. The van der Waals surface area contributed by atoms with E-state index in [1.54, 1.807) is 39.0 Å². The number of nitrogens with zero attached hydrogens (tertiary/aromatic N) is 1. The zero-order chi connectivity index (χ0) is 28.6. The molecule has 210 valence electrons. The number of para-hydroxylation sites is 1. The van der Waals surface area contributed by atoms with Crippen LogP contribution in [0.4, 0.5) is 10.5 Å². The molecule has 0 bridgehead atoms. The Morgan fingerprint density at radius 1 is 0.973 bits per heavy atom. The molecular formula is C28H46INO6Si. The first-order chi connectivity index (χ1) is 17.1. The van der Waals surface area contributed by atoms with Crippen molar-refractivity contribution in [1.82, 2.24) is 0 Å². The second-order valence-corrected chi connectivity index (χ2v) is 17.7. The lowest BCUT2D eigenvalue weighted by Crippen LogP contribution is -2.48. The average Bonchev–Trinajstić information content (AvgIpc) is 2.78. The molecule has 0 saturated carbocycles. The molecule has 1 aromatic carbocycles. The van der Waals surface area contributed by atoms with Gasteiger partial charge in [-0.2, -0.15) is 0 Å². The van der Waals surface area contributed by atoms with Crippen molar-refractivity contribution >= 4 is 48.6 Å². The van der Waals surface area contributed by atoms with Gasteiger partial charge in [0.2, 0.25) is 8.32 Å². The molecule has 0 aromatic heterocycles. The molecule has 1 aromatic rings. The van der Waals surface area contributed by atoms with Gasteiger partial charge in [0, 0.05) is 29.8 Å². The van der Waals surface area contributed by atoms with Gasteiger partial charge in [-0.05, 0) is 72.1 Å². The molecule has 2 amide bonds. The standard InChI is InChI=1S/C28H46INO6Si/c1-19(2)37(20(3)4,21(5)6)35-17-16-22(18-25(33-10)34-11)26(31)30(27(32)36-28(7,8)9)24-15-13-12-14-23(24)29/h12-16,19-21,25H,17-18H2,1-11H3. The maximum Gasteiger partial charge on any atom is 0.422 e. The molecule has 9 heteroatoms. The Labute approximate surface area is 238 Å². The van der Waals surface area contributed by atoms with E-state index in [4.69, 9.17) is 18.6 Å². The van der Waals surface area contributed by atoms with Gasteiger partial charge in [-0.1, -0.05) is 59.8 Å². The van der Waals surface area contributed by atoms with Crippen LogP contribution in [0.25, 0.3) is 0 Å². The number of carbonyl (C=O) groups excluding carboxylic acids is 2. The van der Waals surface area contributed by atoms with Crippen LogP contribution in [-0.2, 0) is 23.4 Å². The van der Waals surface area contributed by atoms with E-state index in [1.165, 1.54) is 14.2 Å². The van der Waals surface area contributed by atoms with E-state index in [9.17, 15) is 9.59 Å². The van der Waals surface area contributed by atoms with Gasteiger partial charge in [0.25, 0.3) is 5.91 Å². The molecular weight excluding hydrogens is 601 g/mol. The van der Waals surface area contributed by atoms with Crippen LogP contribution in [0.1, 0.15) is 68.7 Å². The molecule has 0 unspecified atom stereocenters. The second kappa shape index (κ2) is 14.8. The Balaban J connectivity index is 3.55. The van der Waals surface area contributed by atoms with E-state index >= 15 is 0 Å². The number of hydrogen-bond donors (Lipinski definition) is 0. The fraction of sp³-hybridized carbons (Fsp3) is 0.643. The van der Waals surface area contributed by atoms with Crippen molar-refractivity contribution in [2.45, 2.75) is 97.2 Å². The third kappa shape index (κ3) is 9.16. The zero-order valence-electron chi connectivity index (χ0n) is 24.4. The van der Waals surface area contributed by atoms with Gasteiger partial charge in [-0.15, -0.1) is 0 Å². The summed E-state index contributed by atoms with van der Waals surface area (Å²) in [5.41, 5.74) is 1.23. The van der Waals surface area contributed by atoms with E-state index in [-0.39, 0.29) is 13.0 Å². The Morgan fingerprint density at radius 2 is 1.49 bits per heavy atom. The van der Waals surface area contributed by atoms with Gasteiger partial charge in [-0.3, -0.25) is 4.79 Å². The Bertz CT molecular complexity index is 900. The molecule has 0 atom stereocenters. The highest BCUT2D eigenvalue weighted by atomic mass is 127. The molecule has 0 fully saturated rings. The fourth-order valence-electron chi connectivity index (χ4n) is 4.86. The number of hydrogen-bond acceptors (Lipinski definition) is 6. The van der Waals surface area contributed by atoms with Crippen LogP contribution >= 0.6 is 22.6 Å². The first-order valence-electron chi connectivity index (χ1n) is 12.8. The van der Waals surface area contributed by atoms with Gasteiger partial charge < -0.3 is 18.6 Å². The van der Waals surface area contributed by atoms with Gasteiger partial charge in [0.05, 0.1) is 12.3 Å². The van der Waals surface area contributed by atoms with E-state index in [1.807, 2.05) is 12.1 Å². The minimum absolute atomic E-state index is 0.150. The Hall–Kier alpha value is -1.27. The van der Waals surface area contributed by atoms with Crippen LogP contribution in [0.15, 0.2) is 35.9 Å². The summed E-state index contributed by atoms with van der Waals surface area (Å²) in [5, 5.41) is 0. The second-order valence-electron chi connectivity index (χ2n) is 11.0. The summed E-state index contributed by atoms with van der Waals surface area (Å²) in [6.45, 7) is 18.9. The lowest BCUT2D eigenvalue weighted by atomic mass is 10.1. The van der Waals surface area contributed by atoms with E-state index < -0.39 is 32.2 Å². The van der Waals surface area contributed by atoms with Crippen molar-refractivity contribution in [1.29, 1.82) is 0 Å². The smallest absolute Gasteiger partial charge is 0.422 e. The number of rotatable bonds is 12. The Morgan fingerprint density at radius 3 is 1.92 bits per heavy atom. The molecule has 0 radical (unpaired) electrons. The fourth-order valence-corrected chi connectivity index (χ4v) is 10.9.